The maximum Gasteiger partial charge on any atom is 0.145 e. The molecular formula is C38H77NO2. The first-order valence-corrected chi connectivity index (χ1v) is 18.4. The van der Waals surface area contributed by atoms with Crippen LogP contribution in [-0.2, 0) is 9.59 Å². The first-order valence-electron chi connectivity index (χ1n) is 18.4. The van der Waals surface area contributed by atoms with Crippen molar-refractivity contribution in [3.05, 3.63) is 0 Å². The van der Waals surface area contributed by atoms with Crippen LogP contribution in [0.2, 0.25) is 0 Å². The van der Waals surface area contributed by atoms with Crippen molar-refractivity contribution in [3.8, 4) is 0 Å². The number of carbonyl (C=O) groups is 2. The Morgan fingerprint density at radius 1 is 0.390 bits per heavy atom. The van der Waals surface area contributed by atoms with E-state index in [-0.39, 0.29) is 11.6 Å². The number of rotatable bonds is 30. The van der Waals surface area contributed by atoms with E-state index in [2.05, 4.69) is 13.8 Å². The van der Waals surface area contributed by atoms with Crippen molar-refractivity contribution in [2.75, 3.05) is 21.1 Å². The predicted octanol–water partition coefficient (Wildman–Crippen LogP) is 12.3. The fourth-order valence-electron chi connectivity index (χ4n) is 5.39. The number of ketones is 2. The molecule has 0 aromatic heterocycles. The highest BCUT2D eigenvalue weighted by Gasteiger charge is 2.33. The molecule has 0 atom stereocenters. The lowest BCUT2D eigenvalue weighted by molar-refractivity contribution is -0.138. The van der Waals surface area contributed by atoms with Crippen LogP contribution in [0.5, 0.6) is 0 Å². The lowest BCUT2D eigenvalue weighted by Gasteiger charge is -2.21. The zero-order valence-corrected chi connectivity index (χ0v) is 29.6. The van der Waals surface area contributed by atoms with Crippen LogP contribution >= 0.6 is 0 Å². The number of hydrogen-bond donors (Lipinski definition) is 0. The van der Waals surface area contributed by atoms with Gasteiger partial charge in [0.1, 0.15) is 11.6 Å². The molecule has 0 amide bonds. The Morgan fingerprint density at radius 3 is 0.756 bits per heavy atom. The third kappa shape index (κ3) is 32.1. The molecule has 0 spiro atoms. The largest absolute Gasteiger partial charge is 0.312 e. The van der Waals surface area contributed by atoms with Gasteiger partial charge in [-0.2, -0.15) is 0 Å². The molecule has 0 aromatic carbocycles. The van der Waals surface area contributed by atoms with Gasteiger partial charge in [-0.1, -0.05) is 168 Å². The molecule has 0 aliphatic rings. The van der Waals surface area contributed by atoms with Gasteiger partial charge in [0.25, 0.3) is 0 Å². The average molecular weight is 580 g/mol. The molecule has 3 heteroatoms. The van der Waals surface area contributed by atoms with Crippen LogP contribution in [0.25, 0.3) is 0 Å². The summed E-state index contributed by atoms with van der Waals surface area (Å²) in [5, 5.41) is 0. The molecule has 0 aromatic rings. The molecule has 3 nitrogen and oxygen atoms in total. The van der Waals surface area contributed by atoms with Gasteiger partial charge in [-0.25, -0.2) is 0 Å². The molecule has 0 saturated carbocycles. The summed E-state index contributed by atoms with van der Waals surface area (Å²) >= 11 is 0. The van der Waals surface area contributed by atoms with Gasteiger partial charge in [0.2, 0.25) is 0 Å². The van der Waals surface area contributed by atoms with Crippen LogP contribution in [-0.4, -0.2) is 37.6 Å². The van der Waals surface area contributed by atoms with E-state index >= 15 is 0 Å². The molecule has 0 fully saturated rings. The van der Waals surface area contributed by atoms with Gasteiger partial charge in [0.15, 0.2) is 0 Å². The van der Waals surface area contributed by atoms with Crippen molar-refractivity contribution >= 4 is 11.6 Å². The van der Waals surface area contributed by atoms with Gasteiger partial charge in [0.05, 0.1) is 5.41 Å². The van der Waals surface area contributed by atoms with Gasteiger partial charge < -0.3 is 4.90 Å². The zero-order chi connectivity index (χ0) is 31.0. The molecule has 0 aliphatic carbocycles. The summed E-state index contributed by atoms with van der Waals surface area (Å²) in [5.74, 6) is 0.325. The van der Waals surface area contributed by atoms with Crippen LogP contribution in [0.1, 0.15) is 207 Å². The second kappa shape index (κ2) is 32.2. The van der Waals surface area contributed by atoms with E-state index in [0.717, 1.165) is 25.7 Å². The van der Waals surface area contributed by atoms with Crippen LogP contribution in [0, 0.1) is 5.41 Å². The minimum atomic E-state index is -0.783. The van der Waals surface area contributed by atoms with E-state index in [1.54, 1.807) is 0 Å². The first-order chi connectivity index (χ1) is 19.7. The summed E-state index contributed by atoms with van der Waals surface area (Å²) in [7, 11) is 6.00. The molecule has 41 heavy (non-hydrogen) atoms. The molecule has 0 bridgehead atoms. The molecule has 0 aliphatic heterocycles. The fourth-order valence-corrected chi connectivity index (χ4v) is 5.39. The Morgan fingerprint density at radius 2 is 0.561 bits per heavy atom. The lowest BCUT2D eigenvalue weighted by atomic mass is 9.79. The Hall–Kier alpha value is -0.700. The van der Waals surface area contributed by atoms with Gasteiger partial charge in [-0.15, -0.1) is 0 Å². The van der Waals surface area contributed by atoms with Crippen molar-refractivity contribution in [3.63, 3.8) is 0 Å². The van der Waals surface area contributed by atoms with E-state index in [4.69, 9.17) is 0 Å². The van der Waals surface area contributed by atoms with E-state index in [9.17, 15) is 9.59 Å². The topological polar surface area (TPSA) is 37.4 Å². The maximum atomic E-state index is 12.7. The molecular weight excluding hydrogens is 502 g/mol. The normalized spacial score (nSPS) is 11.5. The van der Waals surface area contributed by atoms with Crippen LogP contribution in [0.4, 0.5) is 0 Å². The lowest BCUT2D eigenvalue weighted by Crippen LogP contribution is -2.33. The Bertz CT molecular complexity index is 508. The van der Waals surface area contributed by atoms with Crippen molar-refractivity contribution in [1.29, 1.82) is 0 Å². The third-order valence-corrected chi connectivity index (χ3v) is 8.41. The predicted molar refractivity (Wildman–Crippen MR) is 184 cm³/mol. The molecule has 0 radical (unpaired) electrons. The minimum Gasteiger partial charge on any atom is -0.312 e. The summed E-state index contributed by atoms with van der Waals surface area (Å²) in [6.07, 6.45) is 35.3. The van der Waals surface area contributed by atoms with Crippen LogP contribution < -0.4 is 0 Å². The van der Waals surface area contributed by atoms with Gasteiger partial charge in [-0.3, -0.25) is 9.59 Å². The Labute approximate surface area is 259 Å². The second-order valence-electron chi connectivity index (χ2n) is 13.8. The smallest absolute Gasteiger partial charge is 0.145 e. The molecule has 246 valence electrons. The average Bonchev–Trinajstić information content (AvgIpc) is 2.93. The summed E-state index contributed by atoms with van der Waals surface area (Å²) < 4.78 is 0. The molecule has 0 heterocycles. The summed E-state index contributed by atoms with van der Waals surface area (Å²) in [4.78, 5) is 27.4. The van der Waals surface area contributed by atoms with Crippen LogP contribution in [0.15, 0.2) is 0 Å². The van der Waals surface area contributed by atoms with Gasteiger partial charge in [-0.05, 0) is 47.8 Å². The standard InChI is InChI=1S/C35H68O2.C3H9N/c1-5-7-9-11-13-15-17-19-21-23-25-27-29-31-33(36)35(3,4)34(37)32-30-28-26-24-22-20-18-16-14-12-10-8-6-2;1-4(2)3/h5-32H2,1-4H3;1-3H3. The number of hydrogen-bond acceptors (Lipinski definition) is 3. The Balaban J connectivity index is 0. The second-order valence-corrected chi connectivity index (χ2v) is 13.8. The van der Waals surface area contributed by atoms with E-state index in [1.807, 2.05) is 39.9 Å². The highest BCUT2D eigenvalue weighted by atomic mass is 16.2. The molecule has 0 rings (SSSR count). The van der Waals surface area contributed by atoms with Gasteiger partial charge >= 0.3 is 0 Å². The maximum absolute atomic E-state index is 12.7. The van der Waals surface area contributed by atoms with Gasteiger partial charge in [0, 0.05) is 12.8 Å². The number of Topliss-reactive ketones (excluding diaryl/α,β-unsaturated/α-hetero) is 2. The zero-order valence-electron chi connectivity index (χ0n) is 29.6. The minimum absolute atomic E-state index is 0.162. The molecule has 0 saturated heterocycles. The summed E-state index contributed by atoms with van der Waals surface area (Å²) in [5.41, 5.74) is -0.783. The SMILES string of the molecule is CCCCCCCCCCCCCCCC(=O)C(C)(C)C(=O)CCCCCCCCCCCCCCC.CN(C)C. The van der Waals surface area contributed by atoms with E-state index in [0.29, 0.717) is 12.8 Å². The van der Waals surface area contributed by atoms with Crippen molar-refractivity contribution in [2.24, 2.45) is 5.41 Å². The summed E-state index contributed by atoms with van der Waals surface area (Å²) in [6.45, 7) is 8.28. The fraction of sp³-hybridized carbons (Fsp3) is 0.947. The molecule has 0 N–H and O–H groups in total. The number of nitrogens with zero attached hydrogens (tertiary/aromatic N) is 1. The van der Waals surface area contributed by atoms with E-state index in [1.165, 1.54) is 141 Å². The quantitative estimate of drug-likeness (QED) is 0.0627. The summed E-state index contributed by atoms with van der Waals surface area (Å²) in [6, 6.07) is 0. The highest BCUT2D eigenvalue weighted by Crippen LogP contribution is 2.25. The monoisotopic (exact) mass is 580 g/mol. The third-order valence-electron chi connectivity index (χ3n) is 8.41. The number of unbranched alkanes of at least 4 members (excludes halogenated alkanes) is 24. The van der Waals surface area contributed by atoms with Crippen LogP contribution in [0.3, 0.4) is 0 Å². The van der Waals surface area contributed by atoms with Crippen molar-refractivity contribution < 1.29 is 9.59 Å². The molecule has 0 unspecified atom stereocenters. The first kappa shape index (κ1) is 42.4. The van der Waals surface area contributed by atoms with Crippen molar-refractivity contribution in [1.82, 2.24) is 4.90 Å². The number of carbonyl (C=O) groups excluding carboxylic acids is 2. The van der Waals surface area contributed by atoms with E-state index < -0.39 is 5.41 Å². The van der Waals surface area contributed by atoms with Crippen molar-refractivity contribution in [2.45, 2.75) is 207 Å². The Kier molecular flexibility index (Phi) is 33.3. The highest BCUT2D eigenvalue weighted by molar-refractivity contribution is 6.06.